The molecule has 0 bridgehead atoms. The molecule has 2 heteroatoms. The van der Waals surface area contributed by atoms with Crippen LogP contribution in [-0.2, 0) is 0 Å². The summed E-state index contributed by atoms with van der Waals surface area (Å²) < 4.78 is 2.13. The lowest BCUT2D eigenvalue weighted by Gasteiger charge is -2.07. The average molecular weight is 272 g/mol. The largest absolute Gasteiger partial charge is 0.315 e. The monoisotopic (exact) mass is 271 g/mol. The molecule has 0 N–H and O–H groups in total. The van der Waals surface area contributed by atoms with Crippen LogP contribution < -0.4 is 0 Å². The van der Waals surface area contributed by atoms with Gasteiger partial charge in [-0.2, -0.15) is 0 Å². The molecule has 0 amide bonds. The van der Waals surface area contributed by atoms with Gasteiger partial charge in [0.2, 0.25) is 0 Å². The van der Waals surface area contributed by atoms with Crippen molar-refractivity contribution < 1.29 is 0 Å². The molecule has 3 aromatic rings. The van der Waals surface area contributed by atoms with E-state index in [1.165, 1.54) is 5.39 Å². The molecule has 0 atom stereocenters. The summed E-state index contributed by atoms with van der Waals surface area (Å²) in [6.45, 7) is 6.03. The summed E-state index contributed by atoms with van der Waals surface area (Å²) in [5.74, 6) is 0. The normalized spacial score (nSPS) is 10.1. The fraction of sp³-hybridized carbons (Fsp3) is 0.176. The fourth-order valence-electron chi connectivity index (χ4n) is 2.09. The quantitative estimate of drug-likeness (QED) is 0.541. The number of hydrogen-bond acceptors (Lipinski definition) is 0. The SMILES string of the molecule is CC.Cc1ccc2ccn(-c3ccccc3)c2c1Cl. The summed E-state index contributed by atoms with van der Waals surface area (Å²) in [7, 11) is 0. The molecule has 3 rings (SSSR count). The molecule has 0 aliphatic rings. The van der Waals surface area contributed by atoms with Gasteiger partial charge in [0.1, 0.15) is 0 Å². The molecule has 0 aliphatic carbocycles. The Kier molecular flexibility index (Phi) is 4.28. The van der Waals surface area contributed by atoms with Crippen LogP contribution in [0.2, 0.25) is 5.02 Å². The van der Waals surface area contributed by atoms with Crippen molar-refractivity contribution in [2.45, 2.75) is 20.8 Å². The van der Waals surface area contributed by atoms with Crippen molar-refractivity contribution in [3.05, 3.63) is 65.3 Å². The fourth-order valence-corrected chi connectivity index (χ4v) is 2.36. The maximum Gasteiger partial charge on any atom is 0.0718 e. The summed E-state index contributed by atoms with van der Waals surface area (Å²) in [5.41, 5.74) is 3.32. The first-order valence-electron chi connectivity index (χ1n) is 6.59. The zero-order valence-corrected chi connectivity index (χ0v) is 12.3. The lowest BCUT2D eigenvalue weighted by molar-refractivity contribution is 1.13. The van der Waals surface area contributed by atoms with Gasteiger partial charge >= 0.3 is 0 Å². The molecule has 0 fully saturated rings. The third-order valence-electron chi connectivity index (χ3n) is 3.02. The second kappa shape index (κ2) is 5.94. The van der Waals surface area contributed by atoms with E-state index in [9.17, 15) is 0 Å². The van der Waals surface area contributed by atoms with Gasteiger partial charge in [-0.05, 0) is 30.7 Å². The second-order valence-corrected chi connectivity index (χ2v) is 4.53. The lowest BCUT2D eigenvalue weighted by atomic mass is 10.2. The predicted molar refractivity (Wildman–Crippen MR) is 84.4 cm³/mol. The summed E-state index contributed by atoms with van der Waals surface area (Å²) in [6.07, 6.45) is 2.06. The van der Waals surface area contributed by atoms with Crippen molar-refractivity contribution in [1.29, 1.82) is 0 Å². The van der Waals surface area contributed by atoms with Crippen molar-refractivity contribution in [1.82, 2.24) is 4.57 Å². The third-order valence-corrected chi connectivity index (χ3v) is 3.50. The first-order valence-corrected chi connectivity index (χ1v) is 6.97. The Balaban J connectivity index is 0.000000637. The number of benzene rings is 2. The highest BCUT2D eigenvalue weighted by atomic mass is 35.5. The highest BCUT2D eigenvalue weighted by Crippen LogP contribution is 2.29. The van der Waals surface area contributed by atoms with Crippen LogP contribution in [0.25, 0.3) is 16.6 Å². The van der Waals surface area contributed by atoms with Crippen molar-refractivity contribution in [2.24, 2.45) is 0 Å². The molecule has 1 heterocycles. The minimum absolute atomic E-state index is 0.830. The third kappa shape index (κ3) is 2.52. The number of rotatable bonds is 1. The molecule has 98 valence electrons. The van der Waals surface area contributed by atoms with Crippen LogP contribution in [0.15, 0.2) is 54.7 Å². The minimum Gasteiger partial charge on any atom is -0.315 e. The first-order chi connectivity index (χ1) is 9.27. The molecule has 0 radical (unpaired) electrons. The second-order valence-electron chi connectivity index (χ2n) is 4.16. The van der Waals surface area contributed by atoms with E-state index in [0.29, 0.717) is 0 Å². The molecule has 1 nitrogen and oxygen atoms in total. The van der Waals surface area contributed by atoms with Gasteiger partial charge in [0.05, 0.1) is 10.5 Å². The Morgan fingerprint density at radius 2 is 1.58 bits per heavy atom. The molecule has 0 saturated carbocycles. The number of aryl methyl sites for hydroxylation is 1. The van der Waals surface area contributed by atoms with Gasteiger partial charge in [-0.1, -0.05) is 55.8 Å². The zero-order chi connectivity index (χ0) is 13.8. The van der Waals surface area contributed by atoms with Crippen LogP contribution in [0.4, 0.5) is 0 Å². The summed E-state index contributed by atoms with van der Waals surface area (Å²) in [4.78, 5) is 0. The number of para-hydroxylation sites is 1. The molecular weight excluding hydrogens is 254 g/mol. The summed E-state index contributed by atoms with van der Waals surface area (Å²) >= 11 is 6.40. The standard InChI is InChI=1S/C15H12ClN.C2H6/c1-11-7-8-12-9-10-17(15(12)14(11)16)13-5-3-2-4-6-13;1-2/h2-10H,1H3;1-2H3. The molecule has 19 heavy (non-hydrogen) atoms. The van der Waals surface area contributed by atoms with Gasteiger partial charge in [-0.15, -0.1) is 0 Å². The van der Waals surface area contributed by atoms with E-state index < -0.39 is 0 Å². The highest BCUT2D eigenvalue weighted by Gasteiger charge is 2.08. The van der Waals surface area contributed by atoms with Gasteiger partial charge in [0.25, 0.3) is 0 Å². The summed E-state index contributed by atoms with van der Waals surface area (Å²) in [6, 6.07) is 16.5. The average Bonchev–Trinajstić information content (AvgIpc) is 2.91. The Bertz CT molecular complexity index is 668. The van der Waals surface area contributed by atoms with Gasteiger partial charge in [-0.3, -0.25) is 0 Å². The van der Waals surface area contributed by atoms with Crippen LogP contribution in [0.1, 0.15) is 19.4 Å². The zero-order valence-electron chi connectivity index (χ0n) is 11.5. The molecule has 0 saturated heterocycles. The van der Waals surface area contributed by atoms with E-state index in [1.807, 2.05) is 39.0 Å². The van der Waals surface area contributed by atoms with Gasteiger partial charge in [0.15, 0.2) is 0 Å². The van der Waals surface area contributed by atoms with E-state index in [1.54, 1.807) is 0 Å². The predicted octanol–water partition coefficient (Wildman–Crippen LogP) is 5.62. The van der Waals surface area contributed by atoms with E-state index in [0.717, 1.165) is 21.8 Å². The Morgan fingerprint density at radius 1 is 0.895 bits per heavy atom. The first kappa shape index (κ1) is 13.7. The molecule has 1 aromatic heterocycles. The maximum atomic E-state index is 6.40. The minimum atomic E-state index is 0.830. The summed E-state index contributed by atoms with van der Waals surface area (Å²) in [5, 5.41) is 2.00. The number of halogens is 1. The van der Waals surface area contributed by atoms with Crippen LogP contribution in [0.3, 0.4) is 0 Å². The van der Waals surface area contributed by atoms with E-state index in [4.69, 9.17) is 11.6 Å². The topological polar surface area (TPSA) is 4.93 Å². The number of nitrogens with zero attached hydrogens (tertiary/aromatic N) is 1. The Labute approximate surface area is 119 Å². The highest BCUT2D eigenvalue weighted by molar-refractivity contribution is 6.36. The van der Waals surface area contributed by atoms with Crippen LogP contribution in [0.5, 0.6) is 0 Å². The van der Waals surface area contributed by atoms with E-state index >= 15 is 0 Å². The van der Waals surface area contributed by atoms with E-state index in [2.05, 4.69) is 41.1 Å². The van der Waals surface area contributed by atoms with Crippen molar-refractivity contribution in [3.8, 4) is 5.69 Å². The number of aromatic nitrogens is 1. The van der Waals surface area contributed by atoms with Crippen LogP contribution >= 0.6 is 11.6 Å². The molecule has 0 aliphatic heterocycles. The van der Waals surface area contributed by atoms with E-state index in [-0.39, 0.29) is 0 Å². The molecule has 0 unspecified atom stereocenters. The smallest absolute Gasteiger partial charge is 0.0718 e. The van der Waals surface area contributed by atoms with Crippen molar-refractivity contribution in [2.75, 3.05) is 0 Å². The van der Waals surface area contributed by atoms with Gasteiger partial charge in [-0.25, -0.2) is 0 Å². The number of hydrogen-bond donors (Lipinski definition) is 0. The Hall–Kier alpha value is -1.73. The Morgan fingerprint density at radius 3 is 2.26 bits per heavy atom. The molecule has 0 spiro atoms. The van der Waals surface area contributed by atoms with Crippen LogP contribution in [-0.4, -0.2) is 4.57 Å². The van der Waals surface area contributed by atoms with Gasteiger partial charge in [0, 0.05) is 17.3 Å². The molecular formula is C17H18ClN. The van der Waals surface area contributed by atoms with Gasteiger partial charge < -0.3 is 4.57 Å². The number of fused-ring (bicyclic) bond motifs is 1. The molecule has 2 aromatic carbocycles. The van der Waals surface area contributed by atoms with Crippen molar-refractivity contribution >= 4 is 22.5 Å². The lowest BCUT2D eigenvalue weighted by Crippen LogP contribution is -1.92. The maximum absolute atomic E-state index is 6.40. The van der Waals surface area contributed by atoms with Crippen LogP contribution in [0, 0.1) is 6.92 Å². The van der Waals surface area contributed by atoms with Crippen molar-refractivity contribution in [3.63, 3.8) is 0 Å².